The number of aldehydes is 1. The normalized spacial score (nSPS) is 3.80. The third kappa shape index (κ3) is 143000. The number of carbonyl (C=O) groups is 1. The average molecular weight is 124 g/mol. The molecular weight excluding hydrogens is 120 g/mol. The number of rotatable bonds is 0. The van der Waals surface area contributed by atoms with E-state index in [2.05, 4.69) is 15.9 Å². The number of hydrogen-bond donors (Lipinski definition) is 0. The van der Waals surface area contributed by atoms with Crippen LogP contribution in [0.25, 0.3) is 0 Å². The monoisotopic (exact) mass is 123 g/mol. The van der Waals surface area contributed by atoms with Gasteiger partial charge in [0.1, 0.15) is 6.29 Å². The van der Waals surface area contributed by atoms with E-state index in [1.165, 1.54) is 6.92 Å². The summed E-state index contributed by atoms with van der Waals surface area (Å²) in [5.74, 6) is 0. The van der Waals surface area contributed by atoms with Crippen LogP contribution in [0.5, 0.6) is 0 Å². The minimum absolute atomic E-state index is 0.750. The van der Waals surface area contributed by atoms with Crippen LogP contribution < -0.4 is 0 Å². The van der Waals surface area contributed by atoms with Crippen molar-refractivity contribution in [1.29, 1.82) is 0 Å². The molecule has 0 saturated heterocycles. The number of hydrogen-bond acceptors (Lipinski definition) is 2. The van der Waals surface area contributed by atoms with Crippen molar-refractivity contribution in [1.82, 2.24) is 0 Å². The van der Waals surface area contributed by atoms with E-state index in [9.17, 15) is 0 Å². The van der Waals surface area contributed by atoms with Gasteiger partial charge in [0.2, 0.25) is 0 Å². The van der Waals surface area contributed by atoms with Crippen molar-refractivity contribution in [2.45, 2.75) is 6.92 Å². The van der Waals surface area contributed by atoms with E-state index in [1.54, 1.807) is 0 Å². The zero-order valence-corrected chi connectivity index (χ0v) is 3.64. The van der Waals surface area contributed by atoms with Crippen molar-refractivity contribution in [3.63, 3.8) is 0 Å². The SMILES string of the molecule is CC=O.[O]=[Cu]. The van der Waals surface area contributed by atoms with E-state index >= 15 is 0 Å². The summed E-state index contributed by atoms with van der Waals surface area (Å²) in [4.78, 5) is 8.81. The molecule has 0 aliphatic heterocycles. The first-order valence-electron chi connectivity index (χ1n) is 0.936. The molecule has 0 rings (SSSR count). The van der Waals surface area contributed by atoms with Crippen LogP contribution in [-0.2, 0) is 24.6 Å². The molecule has 3 heteroatoms. The zero-order chi connectivity index (χ0) is 4.71. The van der Waals surface area contributed by atoms with Crippen LogP contribution in [0, 0.1) is 0 Å². The molecule has 2 nitrogen and oxygen atoms in total. The van der Waals surface area contributed by atoms with Gasteiger partial charge < -0.3 is 4.79 Å². The maximum absolute atomic E-state index is 8.81. The minimum atomic E-state index is 0.750. The molecule has 0 aromatic heterocycles. The molecule has 0 fully saturated rings. The topological polar surface area (TPSA) is 34.1 Å². The quantitative estimate of drug-likeness (QED) is 0.338. The molecule has 0 aliphatic rings. The van der Waals surface area contributed by atoms with Gasteiger partial charge in [0.25, 0.3) is 0 Å². The van der Waals surface area contributed by atoms with Crippen molar-refractivity contribution < 1.29 is 24.6 Å². The molecule has 0 spiro atoms. The van der Waals surface area contributed by atoms with Crippen LogP contribution in [0.1, 0.15) is 6.92 Å². The maximum atomic E-state index is 8.81. The summed E-state index contributed by atoms with van der Waals surface area (Å²) in [5, 5.41) is 0. The second kappa shape index (κ2) is 36.4. The van der Waals surface area contributed by atoms with Crippen molar-refractivity contribution in [2.24, 2.45) is 0 Å². The molecule has 0 unspecified atom stereocenters. The van der Waals surface area contributed by atoms with Crippen LogP contribution in [0.15, 0.2) is 0 Å². The Hall–Kier alpha value is -0.0105. The molecule has 0 saturated carbocycles. The zero-order valence-electron chi connectivity index (χ0n) is 2.70. The first kappa shape index (κ1) is 8.89. The van der Waals surface area contributed by atoms with E-state index in [0.29, 0.717) is 0 Å². The Kier molecular flexibility index (Phi) is 64.7. The van der Waals surface area contributed by atoms with Gasteiger partial charge in [0.05, 0.1) is 0 Å². The first-order valence-corrected chi connectivity index (χ1v) is 1.32. The summed E-state index contributed by atoms with van der Waals surface area (Å²) in [7, 11) is 0. The first-order chi connectivity index (χ1) is 2.41. The van der Waals surface area contributed by atoms with Gasteiger partial charge in [-0.1, -0.05) is 0 Å². The standard InChI is InChI=1S/C2H4O.Cu.O/c1-2-3;;/h2H,1H3;;. The van der Waals surface area contributed by atoms with Crippen LogP contribution in [-0.4, -0.2) is 6.29 Å². The molecule has 0 atom stereocenters. The molecule has 5 heavy (non-hydrogen) atoms. The van der Waals surface area contributed by atoms with E-state index < -0.39 is 0 Å². The molecule has 0 aliphatic carbocycles. The van der Waals surface area contributed by atoms with E-state index in [-0.39, 0.29) is 0 Å². The van der Waals surface area contributed by atoms with Gasteiger partial charge in [-0.25, -0.2) is 0 Å². The Labute approximate surface area is 38.6 Å². The Morgan fingerprint density at radius 1 is 1.60 bits per heavy atom. The van der Waals surface area contributed by atoms with Crippen molar-refractivity contribution in [3.8, 4) is 0 Å². The van der Waals surface area contributed by atoms with Gasteiger partial charge in [-0.05, 0) is 6.92 Å². The Morgan fingerprint density at radius 2 is 1.60 bits per heavy atom. The summed E-state index contributed by atoms with van der Waals surface area (Å²) < 4.78 is 7.81. The summed E-state index contributed by atoms with van der Waals surface area (Å²) >= 11 is 2.94. The molecule has 0 aromatic rings. The summed E-state index contributed by atoms with van der Waals surface area (Å²) in [5.41, 5.74) is 0. The van der Waals surface area contributed by atoms with Gasteiger partial charge in [0, 0.05) is 0 Å². The third-order valence-corrected chi connectivity index (χ3v) is 0. The van der Waals surface area contributed by atoms with Crippen molar-refractivity contribution >= 4 is 6.29 Å². The van der Waals surface area contributed by atoms with E-state index in [4.69, 9.17) is 8.63 Å². The summed E-state index contributed by atoms with van der Waals surface area (Å²) in [6.07, 6.45) is 0.750. The van der Waals surface area contributed by atoms with Gasteiger partial charge in [-0.2, -0.15) is 0 Å². The summed E-state index contributed by atoms with van der Waals surface area (Å²) in [6.45, 7) is 1.44. The second-order valence-corrected chi connectivity index (χ2v) is 0.236. The van der Waals surface area contributed by atoms with Gasteiger partial charge in [0.15, 0.2) is 0 Å². The predicted molar refractivity (Wildman–Crippen MR) is 12.4 cm³/mol. The molecular formula is C2H4CuO2. The van der Waals surface area contributed by atoms with E-state index in [0.717, 1.165) is 6.29 Å². The van der Waals surface area contributed by atoms with E-state index in [1.807, 2.05) is 0 Å². The Balaban J connectivity index is 0. The van der Waals surface area contributed by atoms with Crippen molar-refractivity contribution in [2.75, 3.05) is 0 Å². The summed E-state index contributed by atoms with van der Waals surface area (Å²) in [6, 6.07) is 0. The van der Waals surface area contributed by atoms with Crippen molar-refractivity contribution in [3.05, 3.63) is 0 Å². The fraction of sp³-hybridized carbons (Fsp3) is 0.500. The Morgan fingerprint density at radius 3 is 1.60 bits per heavy atom. The predicted octanol–water partition coefficient (Wildman–Crippen LogP) is 0.0839. The van der Waals surface area contributed by atoms with Crippen LogP contribution in [0.2, 0.25) is 0 Å². The van der Waals surface area contributed by atoms with Gasteiger partial charge in [-0.15, -0.1) is 0 Å². The third-order valence-electron chi connectivity index (χ3n) is 0. The molecule has 0 amide bonds. The van der Waals surface area contributed by atoms with Crippen LogP contribution in [0.4, 0.5) is 0 Å². The van der Waals surface area contributed by atoms with Gasteiger partial charge in [-0.3, -0.25) is 0 Å². The molecule has 35 valence electrons. The number of carbonyl (C=O) groups excluding carboxylic acids is 1. The fourth-order valence-corrected chi connectivity index (χ4v) is 0. The molecule has 0 aromatic carbocycles. The molecule has 0 radical (unpaired) electrons. The molecule has 0 bridgehead atoms. The second-order valence-electron chi connectivity index (χ2n) is 0.236. The van der Waals surface area contributed by atoms with Crippen LogP contribution in [0.3, 0.4) is 0 Å². The fourth-order valence-electron chi connectivity index (χ4n) is 0. The average Bonchev–Trinajstić information content (AvgIpc) is 1.46. The van der Waals surface area contributed by atoms with Gasteiger partial charge >= 0.3 is 19.8 Å². The van der Waals surface area contributed by atoms with Crippen LogP contribution >= 0.6 is 0 Å². The molecule has 0 heterocycles. The Bertz CT molecular complexity index is 21.6. The molecule has 0 N–H and O–H groups in total.